The Hall–Kier alpha value is -1.83. The van der Waals surface area contributed by atoms with E-state index in [0.29, 0.717) is 12.2 Å². The van der Waals surface area contributed by atoms with Crippen molar-refractivity contribution in [2.24, 2.45) is 0 Å². The lowest BCUT2D eigenvalue weighted by molar-refractivity contribution is -0.204. The van der Waals surface area contributed by atoms with E-state index < -0.39 is 17.6 Å². The van der Waals surface area contributed by atoms with E-state index in [1.165, 1.54) is 5.56 Å². The van der Waals surface area contributed by atoms with Crippen molar-refractivity contribution in [2.75, 3.05) is 20.7 Å². The zero-order chi connectivity index (χ0) is 20.6. The third-order valence-corrected chi connectivity index (χ3v) is 8.18. The second kappa shape index (κ2) is 6.33. The van der Waals surface area contributed by atoms with Gasteiger partial charge in [-0.3, -0.25) is 10.1 Å². The van der Waals surface area contributed by atoms with Crippen LogP contribution in [-0.4, -0.2) is 71.6 Å². The van der Waals surface area contributed by atoms with Gasteiger partial charge in [-0.1, -0.05) is 13.0 Å². The molecule has 1 aromatic rings. The molecule has 4 aliphatic rings. The van der Waals surface area contributed by atoms with Gasteiger partial charge in [0.2, 0.25) is 0 Å². The molecule has 7 nitrogen and oxygen atoms in total. The van der Waals surface area contributed by atoms with Gasteiger partial charge in [-0.25, -0.2) is 0 Å². The van der Waals surface area contributed by atoms with Gasteiger partial charge in [0.05, 0.1) is 11.0 Å². The number of phenolic OH excluding ortho intramolecular Hbond substituents is 1. The number of rotatable bonds is 5. The molecule has 6 atom stereocenters. The van der Waals surface area contributed by atoms with Crippen molar-refractivity contribution in [1.82, 2.24) is 10.2 Å². The molecule has 29 heavy (non-hydrogen) atoms. The summed E-state index contributed by atoms with van der Waals surface area (Å²) in [5, 5.41) is 23.6. The fourth-order valence-electron chi connectivity index (χ4n) is 6.93. The highest BCUT2D eigenvalue weighted by Gasteiger charge is 2.73. The number of ether oxygens (including phenoxy) is 2. The maximum atomic E-state index is 11.7. The fourth-order valence-corrected chi connectivity index (χ4v) is 6.93. The molecule has 1 saturated carbocycles. The van der Waals surface area contributed by atoms with Crippen molar-refractivity contribution < 1.29 is 24.5 Å². The minimum Gasteiger partial charge on any atom is -0.504 e. The van der Waals surface area contributed by atoms with Crippen molar-refractivity contribution in [3.8, 4) is 11.5 Å². The number of carboxylic acid groups (broad SMARTS) is 1. The highest BCUT2D eigenvalue weighted by atomic mass is 16.5. The number of likely N-dealkylation sites (tertiary alicyclic amines) is 1. The van der Waals surface area contributed by atoms with E-state index in [9.17, 15) is 15.0 Å². The second-order valence-corrected chi connectivity index (χ2v) is 9.11. The number of nitrogens with one attached hydrogen (secondary N) is 1. The Morgan fingerprint density at radius 1 is 1.45 bits per heavy atom. The van der Waals surface area contributed by atoms with Crippen LogP contribution in [0.2, 0.25) is 0 Å². The Bertz CT molecular complexity index is 860. The van der Waals surface area contributed by atoms with Crippen LogP contribution in [0.3, 0.4) is 0 Å². The molecule has 1 saturated heterocycles. The van der Waals surface area contributed by atoms with Gasteiger partial charge in [0, 0.05) is 24.8 Å². The Morgan fingerprint density at radius 3 is 2.93 bits per heavy atom. The van der Waals surface area contributed by atoms with Gasteiger partial charge in [0.1, 0.15) is 12.1 Å². The Labute approximate surface area is 171 Å². The normalized spacial score (nSPS) is 38.2. The smallest absolute Gasteiger partial charge is 0.320 e. The predicted octanol–water partition coefficient (Wildman–Crippen LogP) is 1.65. The number of carboxylic acids is 1. The van der Waals surface area contributed by atoms with E-state index in [1.807, 2.05) is 13.0 Å². The lowest BCUT2D eigenvalue weighted by atomic mass is 9.48. The summed E-state index contributed by atoms with van der Waals surface area (Å²) < 4.78 is 12.9. The molecule has 2 aliphatic carbocycles. The third kappa shape index (κ3) is 2.21. The van der Waals surface area contributed by atoms with E-state index in [0.717, 1.165) is 37.8 Å². The largest absolute Gasteiger partial charge is 0.504 e. The number of nitrogens with zero attached hydrogens (tertiary/aromatic N) is 1. The number of aromatic hydroxyl groups is 1. The van der Waals surface area contributed by atoms with Gasteiger partial charge in [-0.2, -0.15) is 0 Å². The van der Waals surface area contributed by atoms with Crippen LogP contribution in [0.25, 0.3) is 0 Å². The van der Waals surface area contributed by atoms with E-state index in [-0.39, 0.29) is 29.4 Å². The summed E-state index contributed by atoms with van der Waals surface area (Å²) >= 11 is 0. The summed E-state index contributed by atoms with van der Waals surface area (Å²) in [4.78, 5) is 14.1. The van der Waals surface area contributed by atoms with Crippen molar-refractivity contribution in [3.05, 3.63) is 23.3 Å². The van der Waals surface area contributed by atoms with E-state index >= 15 is 0 Å². The molecule has 5 rings (SSSR count). The first kappa shape index (κ1) is 19.2. The molecule has 1 aromatic carbocycles. The second-order valence-electron chi connectivity index (χ2n) is 9.11. The van der Waals surface area contributed by atoms with Crippen LogP contribution < -0.4 is 10.1 Å². The average Bonchev–Trinajstić information content (AvgIpc) is 3.06. The van der Waals surface area contributed by atoms with Gasteiger partial charge >= 0.3 is 5.97 Å². The molecular formula is C22H30N2O5. The Balaban J connectivity index is 1.68. The minimum absolute atomic E-state index is 0.110. The number of likely N-dealkylation sites (N-methyl/N-ethyl adjacent to an activating group) is 1. The zero-order valence-electron chi connectivity index (χ0n) is 17.3. The third-order valence-electron chi connectivity index (χ3n) is 8.18. The zero-order valence-corrected chi connectivity index (χ0v) is 17.3. The Kier molecular flexibility index (Phi) is 4.18. The fraction of sp³-hybridized carbons (Fsp3) is 0.682. The van der Waals surface area contributed by atoms with Gasteiger partial charge in [0.15, 0.2) is 11.5 Å². The molecule has 2 bridgehead atoms. The first-order chi connectivity index (χ1) is 13.9. The van der Waals surface area contributed by atoms with E-state index in [2.05, 4.69) is 17.3 Å². The summed E-state index contributed by atoms with van der Waals surface area (Å²) in [5.74, 6) is -0.0922. The van der Waals surface area contributed by atoms with E-state index in [1.54, 1.807) is 13.2 Å². The van der Waals surface area contributed by atoms with Crippen molar-refractivity contribution in [2.45, 2.75) is 74.3 Å². The standard InChI is InChI=1S/C22H30N2O5/c1-4-13(20(26)27)23-14-7-8-22(28-3)16-11-12-5-6-15(25)18-17(12)21(22,19(14)29-18)9-10-24(16)2/h5-6,13-14,16,19,23,25H,4,7-11H2,1-3H3,(H,26,27)/t13-,14-,16+,19-,21-,22+/m0/s1. The highest BCUT2D eigenvalue weighted by molar-refractivity contribution is 5.73. The van der Waals surface area contributed by atoms with Crippen LogP contribution in [0.4, 0.5) is 0 Å². The summed E-state index contributed by atoms with van der Waals surface area (Å²) in [7, 11) is 3.97. The summed E-state index contributed by atoms with van der Waals surface area (Å²) in [6, 6.07) is 3.26. The lowest BCUT2D eigenvalue weighted by Crippen LogP contribution is -2.78. The molecule has 1 spiro atoms. The average molecular weight is 402 g/mol. The van der Waals surface area contributed by atoms with Crippen molar-refractivity contribution >= 4 is 5.97 Å². The molecule has 0 radical (unpaired) electrons. The van der Waals surface area contributed by atoms with Crippen LogP contribution in [0.15, 0.2) is 12.1 Å². The van der Waals surface area contributed by atoms with Crippen molar-refractivity contribution in [1.29, 1.82) is 0 Å². The van der Waals surface area contributed by atoms with Gasteiger partial charge < -0.3 is 24.6 Å². The molecule has 2 aliphatic heterocycles. The minimum atomic E-state index is -0.836. The number of benzene rings is 1. The number of aliphatic carboxylic acids is 1. The van der Waals surface area contributed by atoms with E-state index in [4.69, 9.17) is 9.47 Å². The number of hydrogen-bond donors (Lipinski definition) is 3. The Morgan fingerprint density at radius 2 is 2.24 bits per heavy atom. The molecule has 0 aromatic heterocycles. The lowest BCUT2D eigenvalue weighted by Gasteiger charge is -2.65. The van der Waals surface area contributed by atoms with Crippen LogP contribution in [0.1, 0.15) is 43.7 Å². The molecule has 2 heterocycles. The molecule has 3 N–H and O–H groups in total. The predicted molar refractivity (Wildman–Crippen MR) is 107 cm³/mol. The number of piperidine rings is 1. The van der Waals surface area contributed by atoms with Crippen LogP contribution in [0.5, 0.6) is 11.5 Å². The number of carbonyl (C=O) groups is 1. The van der Waals surface area contributed by atoms with Gasteiger partial charge in [0.25, 0.3) is 0 Å². The maximum Gasteiger partial charge on any atom is 0.320 e. The van der Waals surface area contributed by atoms with Crippen LogP contribution in [-0.2, 0) is 21.4 Å². The van der Waals surface area contributed by atoms with Crippen LogP contribution in [0, 0.1) is 0 Å². The molecular weight excluding hydrogens is 372 g/mol. The van der Waals surface area contributed by atoms with Gasteiger partial charge in [-0.15, -0.1) is 0 Å². The topological polar surface area (TPSA) is 91.3 Å². The molecule has 7 heteroatoms. The molecule has 0 amide bonds. The number of hydrogen-bond acceptors (Lipinski definition) is 6. The maximum absolute atomic E-state index is 11.7. The molecule has 158 valence electrons. The molecule has 2 fully saturated rings. The summed E-state index contributed by atoms with van der Waals surface area (Å²) in [6.45, 7) is 2.81. The van der Waals surface area contributed by atoms with Crippen molar-refractivity contribution in [3.63, 3.8) is 0 Å². The first-order valence-electron chi connectivity index (χ1n) is 10.7. The van der Waals surface area contributed by atoms with Gasteiger partial charge in [-0.05, 0) is 57.3 Å². The highest BCUT2D eigenvalue weighted by Crippen LogP contribution is 2.66. The first-order valence-corrected chi connectivity index (χ1v) is 10.7. The summed E-state index contributed by atoms with van der Waals surface area (Å²) in [6.07, 6.45) is 3.59. The monoisotopic (exact) mass is 402 g/mol. The SMILES string of the molecule is CC[C@H](N[C@H]1CC[C@@]2(OC)[C@H]3Cc4ccc(O)c5c4[C@@]2(CCN3C)[C@H]1O5)C(=O)O. The quantitative estimate of drug-likeness (QED) is 0.690. The van der Waals surface area contributed by atoms with Crippen LogP contribution >= 0.6 is 0 Å². The number of methoxy groups -OCH3 is 1. The number of phenols is 1. The summed E-state index contributed by atoms with van der Waals surface area (Å²) in [5.41, 5.74) is 1.53. The molecule has 0 unspecified atom stereocenters.